The molecule has 1 aliphatic heterocycles. The Balaban J connectivity index is 2.17. The van der Waals surface area contributed by atoms with E-state index in [9.17, 15) is 0 Å². The number of anilines is 2. The summed E-state index contributed by atoms with van der Waals surface area (Å²) in [5, 5.41) is 3.43. The van der Waals surface area contributed by atoms with E-state index in [1.807, 2.05) is 12.1 Å². The summed E-state index contributed by atoms with van der Waals surface area (Å²) in [4.78, 5) is 6.58. The number of nitrogens with zero attached hydrogens (tertiary/aromatic N) is 2. The van der Waals surface area contributed by atoms with Crippen LogP contribution in [0, 0.1) is 0 Å². The van der Waals surface area contributed by atoms with Crippen molar-refractivity contribution in [1.82, 2.24) is 10.3 Å². The summed E-state index contributed by atoms with van der Waals surface area (Å²) in [5.74, 6) is 0.990. The minimum absolute atomic E-state index is 0.455. The van der Waals surface area contributed by atoms with E-state index in [0.29, 0.717) is 18.3 Å². The molecule has 1 aromatic heterocycles. The minimum Gasteiger partial charge on any atom is -0.384 e. The number of nitrogens with two attached hydrogens (primary N) is 2. The highest BCUT2D eigenvalue weighted by molar-refractivity contribution is 5.78. The average molecular weight is 325 g/mol. The van der Waals surface area contributed by atoms with E-state index in [2.05, 4.69) is 41.2 Å². The molecule has 1 aliphatic rings. The van der Waals surface area contributed by atoms with Crippen LogP contribution in [0.3, 0.4) is 0 Å². The quantitative estimate of drug-likeness (QED) is 0.804. The molecule has 0 atom stereocenters. The Labute approximate surface area is 144 Å². The normalized spacial score (nSPS) is 15.1. The van der Waals surface area contributed by atoms with Gasteiger partial charge in [0.15, 0.2) is 0 Å². The van der Waals surface area contributed by atoms with Crippen molar-refractivity contribution in [2.45, 2.75) is 26.3 Å². The first-order valence-electron chi connectivity index (χ1n) is 8.65. The molecule has 0 aliphatic carbocycles. The maximum Gasteiger partial charge on any atom is 0.123 e. The molecule has 0 saturated carbocycles. The molecule has 5 nitrogen and oxygen atoms in total. The third-order valence-corrected chi connectivity index (χ3v) is 4.67. The van der Waals surface area contributed by atoms with Crippen molar-refractivity contribution in [3.05, 3.63) is 41.6 Å². The molecule has 1 aromatic carbocycles. The van der Waals surface area contributed by atoms with Gasteiger partial charge in [-0.15, -0.1) is 0 Å². The number of aromatic nitrogens is 1. The molecule has 5 heteroatoms. The smallest absolute Gasteiger partial charge is 0.123 e. The van der Waals surface area contributed by atoms with E-state index >= 15 is 0 Å². The van der Waals surface area contributed by atoms with E-state index in [0.717, 1.165) is 37.3 Å². The molecule has 0 bridgehead atoms. The summed E-state index contributed by atoms with van der Waals surface area (Å²) in [5.41, 5.74) is 18.2. The van der Waals surface area contributed by atoms with E-state index in [-0.39, 0.29) is 0 Å². The molecule has 24 heavy (non-hydrogen) atoms. The lowest BCUT2D eigenvalue weighted by Gasteiger charge is -2.34. The molecule has 3 rings (SSSR count). The molecular weight excluding hydrogens is 298 g/mol. The summed E-state index contributed by atoms with van der Waals surface area (Å²) in [7, 11) is 0. The fraction of sp³-hybridized carbons (Fsp3) is 0.421. The van der Waals surface area contributed by atoms with Crippen LogP contribution in [0.4, 0.5) is 11.5 Å². The highest BCUT2D eigenvalue weighted by atomic mass is 15.2. The predicted octanol–water partition coefficient (Wildman–Crippen LogP) is 2.32. The van der Waals surface area contributed by atoms with Crippen LogP contribution < -0.4 is 21.7 Å². The van der Waals surface area contributed by atoms with Gasteiger partial charge in [-0.25, -0.2) is 4.98 Å². The fourth-order valence-corrected chi connectivity index (χ4v) is 3.48. The van der Waals surface area contributed by atoms with Crippen molar-refractivity contribution >= 4 is 11.5 Å². The lowest BCUT2D eigenvalue weighted by atomic mass is 9.90. The zero-order chi connectivity index (χ0) is 17.1. The molecule has 0 radical (unpaired) electrons. The number of hydrogen-bond acceptors (Lipinski definition) is 5. The number of nitrogens with one attached hydrogen (secondary N) is 1. The molecule has 1 fully saturated rings. The van der Waals surface area contributed by atoms with Gasteiger partial charge in [-0.05, 0) is 40.3 Å². The third kappa shape index (κ3) is 3.23. The summed E-state index contributed by atoms with van der Waals surface area (Å²) in [6.45, 7) is 9.03. The first kappa shape index (κ1) is 16.7. The number of nitrogen functional groups attached to an aromatic ring is 1. The van der Waals surface area contributed by atoms with Crippen LogP contribution in [0.2, 0.25) is 0 Å². The summed E-state index contributed by atoms with van der Waals surface area (Å²) in [6, 6.07) is 8.34. The first-order chi connectivity index (χ1) is 11.6. The molecule has 0 amide bonds. The fourth-order valence-electron chi connectivity index (χ4n) is 3.48. The molecule has 0 spiro atoms. The minimum atomic E-state index is 0.455. The molecule has 128 valence electrons. The Hall–Kier alpha value is -2.11. The van der Waals surface area contributed by atoms with E-state index in [1.165, 1.54) is 16.8 Å². The second-order valence-electron chi connectivity index (χ2n) is 6.59. The number of rotatable bonds is 4. The van der Waals surface area contributed by atoms with Crippen molar-refractivity contribution in [1.29, 1.82) is 0 Å². The monoisotopic (exact) mass is 325 g/mol. The average Bonchev–Trinajstić information content (AvgIpc) is 2.61. The van der Waals surface area contributed by atoms with Gasteiger partial charge in [0.1, 0.15) is 5.82 Å². The molecule has 5 N–H and O–H groups in total. The number of piperazine rings is 1. The number of pyridine rings is 1. The zero-order valence-corrected chi connectivity index (χ0v) is 14.5. The molecule has 2 aromatic rings. The molecule has 1 saturated heterocycles. The Morgan fingerprint density at radius 1 is 1.21 bits per heavy atom. The lowest BCUT2D eigenvalue weighted by Crippen LogP contribution is -2.44. The van der Waals surface area contributed by atoms with E-state index in [4.69, 9.17) is 11.5 Å². The second-order valence-corrected chi connectivity index (χ2v) is 6.59. The largest absolute Gasteiger partial charge is 0.384 e. The van der Waals surface area contributed by atoms with Gasteiger partial charge in [-0.2, -0.15) is 0 Å². The van der Waals surface area contributed by atoms with Gasteiger partial charge in [0.25, 0.3) is 0 Å². The summed E-state index contributed by atoms with van der Waals surface area (Å²) in [6.07, 6.45) is 1.76. The topological polar surface area (TPSA) is 80.2 Å². The zero-order valence-electron chi connectivity index (χ0n) is 14.5. The van der Waals surface area contributed by atoms with Crippen molar-refractivity contribution in [2.24, 2.45) is 5.73 Å². The maximum atomic E-state index is 6.21. The Kier molecular flexibility index (Phi) is 5.02. The van der Waals surface area contributed by atoms with Crippen LogP contribution >= 0.6 is 0 Å². The van der Waals surface area contributed by atoms with Crippen LogP contribution in [0.1, 0.15) is 30.9 Å². The second kappa shape index (κ2) is 7.20. The van der Waals surface area contributed by atoms with Gasteiger partial charge in [0, 0.05) is 44.6 Å². The van der Waals surface area contributed by atoms with Gasteiger partial charge >= 0.3 is 0 Å². The highest BCUT2D eigenvalue weighted by Crippen LogP contribution is 2.38. The van der Waals surface area contributed by atoms with Gasteiger partial charge in [0.05, 0.1) is 0 Å². The first-order valence-corrected chi connectivity index (χ1v) is 8.65. The highest BCUT2D eigenvalue weighted by Gasteiger charge is 2.22. The van der Waals surface area contributed by atoms with Gasteiger partial charge in [-0.1, -0.05) is 26.0 Å². The van der Waals surface area contributed by atoms with Crippen molar-refractivity contribution in [3.8, 4) is 11.1 Å². The third-order valence-electron chi connectivity index (χ3n) is 4.67. The van der Waals surface area contributed by atoms with Gasteiger partial charge in [-0.3, -0.25) is 0 Å². The van der Waals surface area contributed by atoms with Crippen molar-refractivity contribution in [3.63, 3.8) is 0 Å². The lowest BCUT2D eigenvalue weighted by molar-refractivity contribution is 0.585. The molecular formula is C19H27N5. The Bertz CT molecular complexity index is 705. The van der Waals surface area contributed by atoms with Crippen molar-refractivity contribution < 1.29 is 0 Å². The predicted molar refractivity (Wildman–Crippen MR) is 101 cm³/mol. The van der Waals surface area contributed by atoms with Crippen LogP contribution in [0.15, 0.2) is 30.5 Å². The van der Waals surface area contributed by atoms with E-state index < -0.39 is 0 Å². The maximum absolute atomic E-state index is 6.21. The number of benzene rings is 1. The van der Waals surface area contributed by atoms with Crippen LogP contribution in [-0.4, -0.2) is 31.2 Å². The van der Waals surface area contributed by atoms with E-state index in [1.54, 1.807) is 6.20 Å². The van der Waals surface area contributed by atoms with Gasteiger partial charge in [0.2, 0.25) is 0 Å². The number of hydrogen-bond donors (Lipinski definition) is 3. The van der Waals surface area contributed by atoms with Crippen LogP contribution in [0.5, 0.6) is 0 Å². The van der Waals surface area contributed by atoms with Crippen molar-refractivity contribution in [2.75, 3.05) is 36.8 Å². The SMILES string of the molecule is CC(C)c1ccc(-c2ccnc(N)c2)c(CN)c1N1CCNCC1. The molecule has 0 unspecified atom stereocenters. The van der Waals surface area contributed by atoms with Gasteiger partial charge < -0.3 is 21.7 Å². The molecule has 2 heterocycles. The summed E-state index contributed by atoms with van der Waals surface area (Å²) >= 11 is 0. The van der Waals surface area contributed by atoms with Crippen LogP contribution in [0.25, 0.3) is 11.1 Å². The Morgan fingerprint density at radius 2 is 1.96 bits per heavy atom. The van der Waals surface area contributed by atoms with Crippen LogP contribution in [-0.2, 0) is 6.54 Å². The Morgan fingerprint density at radius 3 is 2.58 bits per heavy atom. The summed E-state index contributed by atoms with van der Waals surface area (Å²) < 4.78 is 0. The standard InChI is InChI=1S/C19H27N5/c1-13(2)15-3-4-16(14-5-6-23-18(21)11-14)17(12-20)19(15)24-9-7-22-8-10-24/h3-6,11,13,22H,7-10,12,20H2,1-2H3,(H2,21,23).